The minimum Gasteiger partial charge on any atom is -0.394 e. The summed E-state index contributed by atoms with van der Waals surface area (Å²) in [6.45, 7) is 3.63. The lowest BCUT2D eigenvalue weighted by atomic mass is 10.0. The minimum atomic E-state index is -0.125. The topological polar surface area (TPSA) is 52.6 Å². The number of nitrogens with zero attached hydrogens (tertiary/aromatic N) is 1. The van der Waals surface area contributed by atoms with Crippen molar-refractivity contribution in [3.8, 4) is 0 Å². The van der Waals surface area contributed by atoms with Gasteiger partial charge in [0.2, 0.25) is 5.91 Å². The summed E-state index contributed by atoms with van der Waals surface area (Å²) < 4.78 is 0. The largest absolute Gasteiger partial charge is 0.394 e. The second kappa shape index (κ2) is 8.45. The van der Waals surface area contributed by atoms with Gasteiger partial charge in [-0.25, -0.2) is 0 Å². The molecule has 0 aromatic heterocycles. The molecule has 2 aromatic carbocycles. The zero-order chi connectivity index (χ0) is 17.6. The third-order valence-electron chi connectivity index (χ3n) is 5.02. The van der Waals surface area contributed by atoms with Crippen LogP contribution < -0.4 is 5.32 Å². The van der Waals surface area contributed by atoms with E-state index in [0.29, 0.717) is 12.5 Å². The summed E-state index contributed by atoms with van der Waals surface area (Å²) in [6.07, 6.45) is 3.68. The quantitative estimate of drug-likeness (QED) is 0.737. The molecule has 0 spiro atoms. The molecule has 1 aliphatic carbocycles. The van der Waals surface area contributed by atoms with Crippen molar-refractivity contribution in [2.45, 2.75) is 51.2 Å². The molecule has 1 unspecified atom stereocenters. The highest BCUT2D eigenvalue weighted by atomic mass is 16.3. The summed E-state index contributed by atoms with van der Waals surface area (Å²) in [5, 5.41) is 14.7. The number of aliphatic hydroxyl groups is 1. The third kappa shape index (κ3) is 4.80. The lowest BCUT2D eigenvalue weighted by Crippen LogP contribution is -2.39. The summed E-state index contributed by atoms with van der Waals surface area (Å²) in [7, 11) is 0. The van der Waals surface area contributed by atoms with Crippen LogP contribution in [0, 0.1) is 0 Å². The molecule has 0 radical (unpaired) electrons. The van der Waals surface area contributed by atoms with Crippen LogP contribution in [-0.2, 0) is 11.3 Å². The van der Waals surface area contributed by atoms with Crippen molar-refractivity contribution in [3.63, 3.8) is 0 Å². The first-order chi connectivity index (χ1) is 12.2. The number of hydrogen-bond acceptors (Lipinski definition) is 3. The van der Waals surface area contributed by atoms with Crippen molar-refractivity contribution in [1.82, 2.24) is 10.2 Å². The van der Waals surface area contributed by atoms with Gasteiger partial charge in [0.25, 0.3) is 0 Å². The molecule has 2 N–H and O–H groups in total. The van der Waals surface area contributed by atoms with Gasteiger partial charge in [-0.1, -0.05) is 49.4 Å². The van der Waals surface area contributed by atoms with Crippen molar-refractivity contribution in [2.24, 2.45) is 0 Å². The van der Waals surface area contributed by atoms with Gasteiger partial charge in [-0.2, -0.15) is 0 Å². The summed E-state index contributed by atoms with van der Waals surface area (Å²) in [4.78, 5) is 14.6. The van der Waals surface area contributed by atoms with Crippen LogP contribution in [-0.4, -0.2) is 41.1 Å². The predicted molar refractivity (Wildman–Crippen MR) is 101 cm³/mol. The summed E-state index contributed by atoms with van der Waals surface area (Å²) in [5.74, 6) is 0.0319. The van der Waals surface area contributed by atoms with Gasteiger partial charge in [0, 0.05) is 25.6 Å². The minimum absolute atomic E-state index is 0.00455. The van der Waals surface area contributed by atoms with Gasteiger partial charge >= 0.3 is 0 Å². The third-order valence-corrected chi connectivity index (χ3v) is 5.02. The van der Waals surface area contributed by atoms with E-state index in [1.807, 2.05) is 6.92 Å². The maximum absolute atomic E-state index is 12.1. The van der Waals surface area contributed by atoms with E-state index in [0.717, 1.165) is 19.5 Å². The van der Waals surface area contributed by atoms with Crippen LogP contribution in [0.25, 0.3) is 10.8 Å². The van der Waals surface area contributed by atoms with Crippen molar-refractivity contribution < 1.29 is 9.90 Å². The van der Waals surface area contributed by atoms with Crippen LogP contribution >= 0.6 is 0 Å². The Morgan fingerprint density at radius 1 is 1.24 bits per heavy atom. The zero-order valence-electron chi connectivity index (χ0n) is 14.9. The molecule has 1 aliphatic rings. The van der Waals surface area contributed by atoms with Crippen LogP contribution in [0.3, 0.4) is 0 Å². The Labute approximate surface area is 149 Å². The number of benzene rings is 2. The molecule has 134 valence electrons. The van der Waals surface area contributed by atoms with Crippen molar-refractivity contribution >= 4 is 16.7 Å². The van der Waals surface area contributed by atoms with E-state index in [1.54, 1.807) is 0 Å². The Kier molecular flexibility index (Phi) is 6.05. The van der Waals surface area contributed by atoms with Crippen LogP contribution in [0.1, 0.15) is 38.2 Å². The number of hydrogen-bond donors (Lipinski definition) is 2. The Morgan fingerprint density at radius 3 is 2.72 bits per heavy atom. The SMILES string of the molecule is CCC(CO)NC(=O)CCN(Cc1cccc2ccccc12)C1CC1. The van der Waals surface area contributed by atoms with Gasteiger partial charge in [-0.05, 0) is 35.6 Å². The maximum Gasteiger partial charge on any atom is 0.221 e. The van der Waals surface area contributed by atoms with Gasteiger partial charge < -0.3 is 10.4 Å². The van der Waals surface area contributed by atoms with Gasteiger partial charge in [0.05, 0.1) is 12.6 Å². The molecule has 25 heavy (non-hydrogen) atoms. The fourth-order valence-corrected chi connectivity index (χ4v) is 3.30. The summed E-state index contributed by atoms with van der Waals surface area (Å²) >= 11 is 0. The molecule has 2 aromatic rings. The monoisotopic (exact) mass is 340 g/mol. The molecule has 0 heterocycles. The number of amides is 1. The molecule has 4 heteroatoms. The number of carbonyl (C=O) groups is 1. The molecule has 1 atom stereocenters. The number of nitrogens with one attached hydrogen (secondary N) is 1. The molecule has 0 bridgehead atoms. The van der Waals surface area contributed by atoms with Crippen LogP contribution in [0.2, 0.25) is 0 Å². The Morgan fingerprint density at radius 2 is 2.00 bits per heavy atom. The second-order valence-electron chi connectivity index (χ2n) is 6.95. The second-order valence-corrected chi connectivity index (χ2v) is 6.95. The van der Waals surface area contributed by atoms with E-state index in [-0.39, 0.29) is 18.6 Å². The molecular weight excluding hydrogens is 312 g/mol. The van der Waals surface area contributed by atoms with E-state index >= 15 is 0 Å². The zero-order valence-corrected chi connectivity index (χ0v) is 14.9. The first-order valence-electron chi connectivity index (χ1n) is 9.32. The number of aliphatic hydroxyl groups excluding tert-OH is 1. The molecule has 1 fully saturated rings. The first-order valence-corrected chi connectivity index (χ1v) is 9.32. The lowest BCUT2D eigenvalue weighted by Gasteiger charge is -2.23. The molecule has 4 nitrogen and oxygen atoms in total. The average molecular weight is 340 g/mol. The van der Waals surface area contributed by atoms with E-state index in [4.69, 9.17) is 0 Å². The lowest BCUT2D eigenvalue weighted by molar-refractivity contribution is -0.122. The summed E-state index contributed by atoms with van der Waals surface area (Å²) in [6, 6.07) is 15.4. The Hall–Kier alpha value is -1.91. The van der Waals surface area contributed by atoms with Crippen molar-refractivity contribution in [1.29, 1.82) is 0 Å². The van der Waals surface area contributed by atoms with E-state index in [2.05, 4.69) is 52.7 Å². The highest BCUT2D eigenvalue weighted by Crippen LogP contribution is 2.30. The molecule has 1 amide bonds. The molecule has 1 saturated carbocycles. The van der Waals surface area contributed by atoms with Crippen molar-refractivity contribution in [3.05, 3.63) is 48.0 Å². The van der Waals surface area contributed by atoms with E-state index < -0.39 is 0 Å². The molecule has 3 rings (SSSR count). The Balaban J connectivity index is 1.63. The van der Waals surface area contributed by atoms with Gasteiger partial charge in [0.1, 0.15) is 0 Å². The summed E-state index contributed by atoms with van der Waals surface area (Å²) in [5.41, 5.74) is 1.33. The molecule has 0 saturated heterocycles. The highest BCUT2D eigenvalue weighted by Gasteiger charge is 2.29. The number of carbonyl (C=O) groups excluding carboxylic acids is 1. The van der Waals surface area contributed by atoms with E-state index in [1.165, 1.54) is 29.2 Å². The fourth-order valence-electron chi connectivity index (χ4n) is 3.30. The standard InChI is InChI=1S/C21H28N2O2/c1-2-18(15-24)22-21(25)12-13-23(19-10-11-19)14-17-8-5-7-16-6-3-4-9-20(16)17/h3-9,18-19,24H,2,10-15H2,1H3,(H,22,25). The first kappa shape index (κ1) is 17.9. The maximum atomic E-state index is 12.1. The fraction of sp³-hybridized carbons (Fsp3) is 0.476. The average Bonchev–Trinajstić information content (AvgIpc) is 3.48. The number of rotatable bonds is 9. The van der Waals surface area contributed by atoms with Crippen LogP contribution in [0.5, 0.6) is 0 Å². The normalized spacial score (nSPS) is 15.5. The van der Waals surface area contributed by atoms with Crippen molar-refractivity contribution in [2.75, 3.05) is 13.2 Å². The predicted octanol–water partition coefficient (Wildman–Crippen LogP) is 3.08. The van der Waals surface area contributed by atoms with Gasteiger partial charge in [-0.15, -0.1) is 0 Å². The number of fused-ring (bicyclic) bond motifs is 1. The smallest absolute Gasteiger partial charge is 0.221 e. The van der Waals surface area contributed by atoms with E-state index in [9.17, 15) is 9.90 Å². The Bertz CT molecular complexity index is 703. The van der Waals surface area contributed by atoms with Crippen LogP contribution in [0.4, 0.5) is 0 Å². The van der Waals surface area contributed by atoms with Crippen LogP contribution in [0.15, 0.2) is 42.5 Å². The molecular formula is C21H28N2O2. The molecule has 0 aliphatic heterocycles. The van der Waals surface area contributed by atoms with Gasteiger partial charge in [-0.3, -0.25) is 9.69 Å². The van der Waals surface area contributed by atoms with Gasteiger partial charge in [0.15, 0.2) is 0 Å². The highest BCUT2D eigenvalue weighted by molar-refractivity contribution is 5.85.